The molecule has 1 heterocycles. The van der Waals surface area contributed by atoms with Crippen molar-refractivity contribution in [1.82, 2.24) is 4.98 Å². The smallest absolute Gasteiger partial charge is 0.0459 e. The average molecular weight is 201 g/mol. The summed E-state index contributed by atoms with van der Waals surface area (Å²) in [7, 11) is 0. The number of rotatable bonds is 3. The van der Waals surface area contributed by atoms with Gasteiger partial charge < -0.3 is 5.11 Å². The topological polar surface area (TPSA) is 33.1 Å². The molecule has 0 fully saturated rings. The molecule has 2 heteroatoms. The van der Waals surface area contributed by atoms with E-state index in [1.54, 1.807) is 0 Å². The van der Waals surface area contributed by atoms with Crippen LogP contribution in [-0.2, 0) is 6.42 Å². The largest absolute Gasteiger partial charge is 0.396 e. The summed E-state index contributed by atoms with van der Waals surface area (Å²) in [6, 6.07) is 8.23. The van der Waals surface area contributed by atoms with Crippen LogP contribution < -0.4 is 0 Å². The summed E-state index contributed by atoms with van der Waals surface area (Å²) in [6.45, 7) is 2.27. The quantitative estimate of drug-likeness (QED) is 0.827. The molecule has 0 saturated carbocycles. The summed E-state index contributed by atoms with van der Waals surface area (Å²) >= 11 is 0. The summed E-state index contributed by atoms with van der Waals surface area (Å²) < 4.78 is 0. The molecule has 15 heavy (non-hydrogen) atoms. The van der Waals surface area contributed by atoms with Crippen LogP contribution in [0.5, 0.6) is 0 Å². The molecule has 0 saturated heterocycles. The van der Waals surface area contributed by atoms with Gasteiger partial charge in [-0.15, -0.1) is 0 Å². The van der Waals surface area contributed by atoms with Crippen molar-refractivity contribution in [2.24, 2.45) is 5.92 Å². The normalized spacial score (nSPS) is 12.9. The second-order valence-corrected chi connectivity index (χ2v) is 4.01. The number of benzene rings is 1. The van der Waals surface area contributed by atoms with Crippen molar-refractivity contribution in [3.63, 3.8) is 0 Å². The van der Waals surface area contributed by atoms with Gasteiger partial charge in [0.15, 0.2) is 0 Å². The molecule has 0 amide bonds. The zero-order chi connectivity index (χ0) is 10.7. The van der Waals surface area contributed by atoms with Crippen molar-refractivity contribution in [1.29, 1.82) is 0 Å². The second-order valence-electron chi connectivity index (χ2n) is 4.01. The van der Waals surface area contributed by atoms with Crippen molar-refractivity contribution in [2.45, 2.75) is 13.3 Å². The number of hydrogen-bond donors (Lipinski definition) is 1. The minimum atomic E-state index is 0.225. The number of aliphatic hydroxyl groups is 1. The van der Waals surface area contributed by atoms with Crippen molar-refractivity contribution in [2.75, 3.05) is 6.61 Å². The minimum Gasteiger partial charge on any atom is -0.396 e. The SMILES string of the molecule is C[C@H](CO)Cc1cncc2ccccc12. The maximum atomic E-state index is 9.05. The third-order valence-electron chi connectivity index (χ3n) is 2.63. The highest BCUT2D eigenvalue weighted by Gasteiger charge is 2.05. The Hall–Kier alpha value is -1.41. The van der Waals surface area contributed by atoms with E-state index in [0.717, 1.165) is 6.42 Å². The summed E-state index contributed by atoms with van der Waals surface area (Å²) in [5.41, 5.74) is 1.22. The maximum absolute atomic E-state index is 9.05. The third-order valence-corrected chi connectivity index (χ3v) is 2.63. The van der Waals surface area contributed by atoms with Crippen molar-refractivity contribution in [3.05, 3.63) is 42.2 Å². The number of aromatic nitrogens is 1. The van der Waals surface area contributed by atoms with Gasteiger partial charge >= 0.3 is 0 Å². The number of fused-ring (bicyclic) bond motifs is 1. The van der Waals surface area contributed by atoms with E-state index in [2.05, 4.69) is 17.1 Å². The molecule has 0 aliphatic carbocycles. The first-order valence-electron chi connectivity index (χ1n) is 5.23. The predicted octanol–water partition coefficient (Wildman–Crippen LogP) is 2.41. The molecule has 2 rings (SSSR count). The van der Waals surface area contributed by atoms with E-state index >= 15 is 0 Å². The second kappa shape index (κ2) is 4.41. The zero-order valence-corrected chi connectivity index (χ0v) is 8.85. The monoisotopic (exact) mass is 201 g/mol. The van der Waals surface area contributed by atoms with Gasteiger partial charge in [0.25, 0.3) is 0 Å². The Bertz CT molecular complexity index is 448. The van der Waals surface area contributed by atoms with Crippen molar-refractivity contribution >= 4 is 10.8 Å². The highest BCUT2D eigenvalue weighted by atomic mass is 16.3. The molecule has 1 aromatic heterocycles. The first-order chi connectivity index (χ1) is 7.31. The van der Waals surface area contributed by atoms with Crippen LogP contribution in [0.15, 0.2) is 36.7 Å². The first-order valence-corrected chi connectivity index (χ1v) is 5.23. The van der Waals surface area contributed by atoms with E-state index in [4.69, 9.17) is 5.11 Å². The van der Waals surface area contributed by atoms with Gasteiger partial charge in [-0.1, -0.05) is 31.2 Å². The number of hydrogen-bond acceptors (Lipinski definition) is 2. The lowest BCUT2D eigenvalue weighted by atomic mass is 9.99. The molecule has 2 nitrogen and oxygen atoms in total. The van der Waals surface area contributed by atoms with Gasteiger partial charge in [0.05, 0.1) is 0 Å². The lowest BCUT2D eigenvalue weighted by Crippen LogP contribution is -2.05. The van der Waals surface area contributed by atoms with E-state index in [-0.39, 0.29) is 12.5 Å². The zero-order valence-electron chi connectivity index (χ0n) is 8.85. The minimum absolute atomic E-state index is 0.225. The van der Waals surface area contributed by atoms with Gasteiger partial charge in [-0.05, 0) is 23.3 Å². The van der Waals surface area contributed by atoms with Crippen LogP contribution in [0.2, 0.25) is 0 Å². The molecule has 1 aromatic carbocycles. The van der Waals surface area contributed by atoms with E-state index in [1.165, 1.54) is 16.3 Å². The Morgan fingerprint density at radius 2 is 2.07 bits per heavy atom. The molecule has 2 aromatic rings. The molecule has 0 bridgehead atoms. The van der Waals surface area contributed by atoms with E-state index in [1.807, 2.05) is 31.5 Å². The van der Waals surface area contributed by atoms with Crippen LogP contribution in [0.1, 0.15) is 12.5 Å². The highest BCUT2D eigenvalue weighted by Crippen LogP contribution is 2.19. The number of nitrogens with zero attached hydrogens (tertiary/aromatic N) is 1. The standard InChI is InChI=1S/C13H15NO/c1-10(9-15)6-12-8-14-7-11-4-2-3-5-13(11)12/h2-5,7-8,10,15H,6,9H2,1H3/t10-/m0/s1. The molecular weight excluding hydrogens is 186 g/mol. The molecule has 0 aliphatic heterocycles. The van der Waals surface area contributed by atoms with Crippen LogP contribution in [0.3, 0.4) is 0 Å². The van der Waals surface area contributed by atoms with E-state index in [0.29, 0.717) is 0 Å². The van der Waals surface area contributed by atoms with E-state index < -0.39 is 0 Å². The summed E-state index contributed by atoms with van der Waals surface area (Å²) in [5.74, 6) is 0.289. The Balaban J connectivity index is 2.42. The molecule has 1 atom stereocenters. The average Bonchev–Trinajstić information content (AvgIpc) is 2.29. The van der Waals surface area contributed by atoms with Gasteiger partial charge in [0, 0.05) is 24.4 Å². The molecule has 0 spiro atoms. The van der Waals surface area contributed by atoms with E-state index in [9.17, 15) is 0 Å². The van der Waals surface area contributed by atoms with Crippen LogP contribution in [0.25, 0.3) is 10.8 Å². The van der Waals surface area contributed by atoms with Crippen molar-refractivity contribution in [3.8, 4) is 0 Å². The molecule has 0 radical (unpaired) electrons. The van der Waals surface area contributed by atoms with Gasteiger partial charge in [0.1, 0.15) is 0 Å². The first kappa shape index (κ1) is 10.1. The Morgan fingerprint density at radius 3 is 2.87 bits per heavy atom. The van der Waals surface area contributed by atoms with Gasteiger partial charge in [-0.2, -0.15) is 0 Å². The van der Waals surface area contributed by atoms with Gasteiger partial charge in [0.2, 0.25) is 0 Å². The third kappa shape index (κ3) is 2.16. The Kier molecular flexibility index (Phi) is 2.97. The fourth-order valence-electron chi connectivity index (χ4n) is 1.78. The lowest BCUT2D eigenvalue weighted by molar-refractivity contribution is 0.237. The van der Waals surface area contributed by atoms with Crippen LogP contribution in [-0.4, -0.2) is 16.7 Å². The van der Waals surface area contributed by atoms with Gasteiger partial charge in [-0.25, -0.2) is 0 Å². The highest BCUT2D eigenvalue weighted by molar-refractivity contribution is 5.84. The molecule has 1 N–H and O–H groups in total. The Morgan fingerprint density at radius 1 is 1.27 bits per heavy atom. The predicted molar refractivity (Wildman–Crippen MR) is 61.7 cm³/mol. The fourth-order valence-corrected chi connectivity index (χ4v) is 1.78. The fraction of sp³-hybridized carbons (Fsp3) is 0.308. The Labute approximate surface area is 89.6 Å². The summed E-state index contributed by atoms with van der Waals surface area (Å²) in [6.07, 6.45) is 4.65. The van der Waals surface area contributed by atoms with Gasteiger partial charge in [-0.3, -0.25) is 4.98 Å². The lowest BCUT2D eigenvalue weighted by Gasteiger charge is -2.09. The van der Waals surface area contributed by atoms with Crippen LogP contribution in [0, 0.1) is 5.92 Å². The van der Waals surface area contributed by atoms with Crippen molar-refractivity contribution < 1.29 is 5.11 Å². The molecule has 0 unspecified atom stereocenters. The van der Waals surface area contributed by atoms with Crippen LogP contribution in [0.4, 0.5) is 0 Å². The molecular formula is C13H15NO. The molecule has 0 aliphatic rings. The number of pyridine rings is 1. The molecule has 78 valence electrons. The number of aliphatic hydroxyl groups excluding tert-OH is 1. The maximum Gasteiger partial charge on any atom is 0.0459 e. The van der Waals surface area contributed by atoms with Crippen LogP contribution >= 0.6 is 0 Å². The summed E-state index contributed by atoms with van der Waals surface area (Å²) in [4.78, 5) is 4.22. The summed E-state index contributed by atoms with van der Waals surface area (Å²) in [5, 5.41) is 11.5.